The number of rotatable bonds is 2. The minimum atomic E-state index is -1.15. The average Bonchev–Trinajstić information content (AvgIpc) is 2.61. The van der Waals surface area contributed by atoms with E-state index in [2.05, 4.69) is 4.98 Å². The number of nitrogens with two attached hydrogens (primary N) is 2. The summed E-state index contributed by atoms with van der Waals surface area (Å²) in [7, 11) is 0. The Bertz CT molecular complexity index is 550. The van der Waals surface area contributed by atoms with Gasteiger partial charge < -0.3 is 21.3 Å². The summed E-state index contributed by atoms with van der Waals surface area (Å²) < 4.78 is 6.08. The van der Waals surface area contributed by atoms with Crippen molar-refractivity contribution in [3.8, 4) is 0 Å². The van der Waals surface area contributed by atoms with Crippen LogP contribution in [0.15, 0.2) is 28.9 Å². The second-order valence-electron chi connectivity index (χ2n) is 3.44. The molecule has 1 aromatic heterocycles. The van der Waals surface area contributed by atoms with E-state index in [4.69, 9.17) is 16.2 Å². The maximum Gasteiger partial charge on any atom is 0.352 e. The van der Waals surface area contributed by atoms with E-state index in [1.807, 2.05) is 0 Å². The van der Waals surface area contributed by atoms with Gasteiger partial charge in [-0.3, -0.25) is 9.36 Å². The van der Waals surface area contributed by atoms with Crippen LogP contribution in [0.4, 0.5) is 5.82 Å². The average molecular weight is 238 g/mol. The Hall–Kier alpha value is -2.35. The smallest absolute Gasteiger partial charge is 0.352 e. The third-order valence-corrected chi connectivity index (χ3v) is 2.23. The van der Waals surface area contributed by atoms with E-state index in [1.54, 1.807) is 0 Å². The fourth-order valence-corrected chi connectivity index (χ4v) is 1.46. The maximum atomic E-state index is 11.5. The second kappa shape index (κ2) is 3.91. The molecule has 17 heavy (non-hydrogen) atoms. The largest absolute Gasteiger partial charge is 0.461 e. The Morgan fingerprint density at radius 2 is 2.29 bits per heavy atom. The molecule has 0 spiro atoms. The van der Waals surface area contributed by atoms with Crippen LogP contribution in [0.3, 0.4) is 0 Å². The summed E-state index contributed by atoms with van der Waals surface area (Å²) in [5.74, 6) is -0.948. The summed E-state index contributed by atoms with van der Waals surface area (Å²) in [6.45, 7) is 0. The van der Waals surface area contributed by atoms with Crippen molar-refractivity contribution in [3.63, 3.8) is 0 Å². The molecule has 1 aliphatic heterocycles. The number of nitrogen functional groups attached to an aromatic ring is 1. The van der Waals surface area contributed by atoms with Crippen molar-refractivity contribution >= 4 is 11.7 Å². The Morgan fingerprint density at radius 1 is 1.59 bits per heavy atom. The highest BCUT2D eigenvalue weighted by molar-refractivity contribution is 5.90. The van der Waals surface area contributed by atoms with Gasteiger partial charge in [0.2, 0.25) is 6.23 Å². The van der Waals surface area contributed by atoms with Gasteiger partial charge in [0.15, 0.2) is 5.76 Å². The zero-order chi connectivity index (χ0) is 12.6. The molecule has 1 amide bonds. The highest BCUT2D eigenvalue weighted by atomic mass is 16.5. The first-order chi connectivity index (χ1) is 7.99. The third kappa shape index (κ3) is 1.97. The second-order valence-corrected chi connectivity index (χ2v) is 3.44. The molecule has 8 heteroatoms. The number of carbonyl (C=O) groups excluding carboxylic acids is 1. The number of anilines is 1. The SMILES string of the molecule is NC(=O)C1=C[C@@H](O)[C@H](n2ccc(N)nc2=O)O1. The lowest BCUT2D eigenvalue weighted by atomic mass is 10.3. The van der Waals surface area contributed by atoms with Crippen LogP contribution in [0.5, 0.6) is 0 Å². The summed E-state index contributed by atoms with van der Waals surface area (Å²) in [6.07, 6.45) is 0.241. The molecule has 2 heterocycles. The predicted molar refractivity (Wildman–Crippen MR) is 56.3 cm³/mol. The van der Waals surface area contributed by atoms with E-state index >= 15 is 0 Å². The van der Waals surface area contributed by atoms with Gasteiger partial charge in [-0.25, -0.2) is 4.79 Å². The van der Waals surface area contributed by atoms with E-state index in [1.165, 1.54) is 12.3 Å². The van der Waals surface area contributed by atoms with Gasteiger partial charge in [0, 0.05) is 6.20 Å². The fraction of sp³-hybridized carbons (Fsp3) is 0.222. The first-order valence-electron chi connectivity index (χ1n) is 4.70. The number of ether oxygens (including phenoxy) is 1. The zero-order valence-electron chi connectivity index (χ0n) is 8.61. The van der Waals surface area contributed by atoms with Crippen LogP contribution in [-0.2, 0) is 9.53 Å². The van der Waals surface area contributed by atoms with E-state index in [0.717, 1.165) is 10.6 Å². The van der Waals surface area contributed by atoms with Crippen molar-refractivity contribution < 1.29 is 14.6 Å². The molecule has 0 fully saturated rings. The fourth-order valence-electron chi connectivity index (χ4n) is 1.46. The lowest BCUT2D eigenvalue weighted by molar-refractivity contribution is -0.119. The summed E-state index contributed by atoms with van der Waals surface area (Å²) in [4.78, 5) is 25.8. The van der Waals surface area contributed by atoms with Gasteiger partial charge in [-0.05, 0) is 12.1 Å². The van der Waals surface area contributed by atoms with Gasteiger partial charge in [-0.1, -0.05) is 0 Å². The molecule has 2 atom stereocenters. The molecule has 0 saturated heterocycles. The maximum absolute atomic E-state index is 11.5. The molecule has 1 aliphatic rings. The van der Waals surface area contributed by atoms with Crippen LogP contribution in [0.2, 0.25) is 0 Å². The first kappa shape index (κ1) is 11.1. The quantitative estimate of drug-likeness (QED) is 0.550. The summed E-state index contributed by atoms with van der Waals surface area (Å²) in [6, 6.07) is 1.37. The van der Waals surface area contributed by atoms with Crippen molar-refractivity contribution in [1.29, 1.82) is 0 Å². The Morgan fingerprint density at radius 3 is 2.82 bits per heavy atom. The standard InChI is InChI=1S/C9H10N4O4/c10-6-1-2-13(9(16)12-6)8-4(14)3-5(17-8)7(11)15/h1-4,8,14H,(H2,11,15)(H2,10,12,16)/t4-,8-/m1/s1. The van der Waals surface area contributed by atoms with Gasteiger partial charge in [0.25, 0.3) is 5.91 Å². The molecule has 0 saturated carbocycles. The lowest BCUT2D eigenvalue weighted by Crippen LogP contribution is -2.32. The Kier molecular flexibility index (Phi) is 2.56. The van der Waals surface area contributed by atoms with Crippen LogP contribution in [0.1, 0.15) is 6.23 Å². The van der Waals surface area contributed by atoms with Crippen LogP contribution in [0.25, 0.3) is 0 Å². The Labute approximate surface area is 95.1 Å². The monoisotopic (exact) mass is 238 g/mol. The summed E-state index contributed by atoms with van der Waals surface area (Å²) in [5, 5.41) is 9.63. The van der Waals surface area contributed by atoms with Gasteiger partial charge in [-0.2, -0.15) is 4.98 Å². The number of aromatic nitrogens is 2. The minimum Gasteiger partial charge on any atom is -0.461 e. The summed E-state index contributed by atoms with van der Waals surface area (Å²) >= 11 is 0. The molecule has 0 aliphatic carbocycles. The van der Waals surface area contributed by atoms with E-state index < -0.39 is 23.9 Å². The molecular weight excluding hydrogens is 228 g/mol. The zero-order valence-corrected chi connectivity index (χ0v) is 8.61. The number of hydrogen-bond acceptors (Lipinski definition) is 6. The normalized spacial score (nSPS) is 23.0. The van der Waals surface area contributed by atoms with Crippen molar-refractivity contribution in [2.75, 3.05) is 5.73 Å². The van der Waals surface area contributed by atoms with Gasteiger partial charge >= 0.3 is 5.69 Å². The van der Waals surface area contributed by atoms with Crippen LogP contribution < -0.4 is 17.2 Å². The van der Waals surface area contributed by atoms with Crippen molar-refractivity contribution in [3.05, 3.63) is 34.6 Å². The number of primary amides is 1. The van der Waals surface area contributed by atoms with E-state index in [9.17, 15) is 14.7 Å². The molecule has 90 valence electrons. The molecule has 0 radical (unpaired) electrons. The molecule has 0 aromatic carbocycles. The van der Waals surface area contributed by atoms with Crippen molar-refractivity contribution in [1.82, 2.24) is 9.55 Å². The Balaban J connectivity index is 2.32. The van der Waals surface area contributed by atoms with Gasteiger partial charge in [0.1, 0.15) is 11.9 Å². The lowest BCUT2D eigenvalue weighted by Gasteiger charge is -2.17. The molecule has 8 nitrogen and oxygen atoms in total. The molecule has 0 unspecified atom stereocenters. The van der Waals surface area contributed by atoms with E-state index in [0.29, 0.717) is 0 Å². The first-order valence-corrected chi connectivity index (χ1v) is 4.70. The number of aliphatic hydroxyl groups is 1. The highest BCUT2D eigenvalue weighted by Gasteiger charge is 2.32. The highest BCUT2D eigenvalue weighted by Crippen LogP contribution is 2.24. The number of nitrogens with zero attached hydrogens (tertiary/aromatic N) is 2. The van der Waals surface area contributed by atoms with E-state index in [-0.39, 0.29) is 11.6 Å². The topological polar surface area (TPSA) is 133 Å². The minimum absolute atomic E-state index is 0.0572. The van der Waals surface area contributed by atoms with Crippen molar-refractivity contribution in [2.45, 2.75) is 12.3 Å². The van der Waals surface area contributed by atoms with Crippen molar-refractivity contribution in [2.24, 2.45) is 5.73 Å². The van der Waals surface area contributed by atoms with Crippen LogP contribution >= 0.6 is 0 Å². The molecular formula is C9H10N4O4. The number of hydrogen-bond donors (Lipinski definition) is 3. The molecule has 2 rings (SSSR count). The molecule has 1 aromatic rings. The summed E-state index contributed by atoms with van der Waals surface area (Å²) in [5.41, 5.74) is 9.63. The number of amides is 1. The predicted octanol–water partition coefficient (Wildman–Crippen LogP) is -1.92. The third-order valence-electron chi connectivity index (χ3n) is 2.23. The van der Waals surface area contributed by atoms with Crippen LogP contribution in [0, 0.1) is 0 Å². The molecule has 0 bridgehead atoms. The van der Waals surface area contributed by atoms with Crippen LogP contribution in [-0.4, -0.2) is 26.7 Å². The number of aliphatic hydroxyl groups excluding tert-OH is 1. The van der Waals surface area contributed by atoms with Gasteiger partial charge in [-0.15, -0.1) is 0 Å². The molecule has 5 N–H and O–H groups in total. The number of carbonyl (C=O) groups is 1. The van der Waals surface area contributed by atoms with Gasteiger partial charge in [0.05, 0.1) is 0 Å².